The zero-order valence-electron chi connectivity index (χ0n) is 12.6. The Balaban J connectivity index is 1.82. The summed E-state index contributed by atoms with van der Waals surface area (Å²) in [6.07, 6.45) is 1.66. The number of aryl methyl sites for hydroxylation is 1. The first-order chi connectivity index (χ1) is 9.24. The third-order valence-electron chi connectivity index (χ3n) is 3.83. The summed E-state index contributed by atoms with van der Waals surface area (Å²) in [5, 5.41) is 0. The van der Waals surface area contributed by atoms with Crippen LogP contribution in [0.25, 0.3) is 0 Å². The lowest BCUT2D eigenvalue weighted by Gasteiger charge is -2.28. The van der Waals surface area contributed by atoms with E-state index in [4.69, 9.17) is 13.6 Å². The first-order valence-electron chi connectivity index (χ1n) is 6.94. The van der Waals surface area contributed by atoms with Gasteiger partial charge in [0, 0.05) is 0 Å². The van der Waals surface area contributed by atoms with Crippen LogP contribution in [0, 0.1) is 0 Å². The largest absolute Gasteiger partial charge is 0.476 e. The first-order valence-corrected chi connectivity index (χ1v) is 8.40. The molecule has 1 aromatic carbocycles. The quantitative estimate of drug-likeness (QED) is 0.599. The Morgan fingerprint density at radius 1 is 1.05 bits per heavy atom. The third kappa shape index (κ3) is 3.50. The molecule has 1 heterocycles. The van der Waals surface area contributed by atoms with Crippen LogP contribution in [-0.2, 0) is 24.6 Å². The minimum atomic E-state index is -3.43. The molecule has 0 bridgehead atoms. The van der Waals surface area contributed by atoms with Gasteiger partial charge in [0.05, 0.1) is 6.61 Å². The maximum absolute atomic E-state index is 12.4. The van der Waals surface area contributed by atoms with Crippen molar-refractivity contribution in [2.45, 2.75) is 51.7 Å². The van der Waals surface area contributed by atoms with Crippen LogP contribution in [0.4, 0.5) is 0 Å². The molecular formula is C15H23O4P. The van der Waals surface area contributed by atoms with E-state index in [1.165, 1.54) is 5.56 Å². The molecule has 0 spiro atoms. The van der Waals surface area contributed by atoms with Gasteiger partial charge >= 0.3 is 7.82 Å². The van der Waals surface area contributed by atoms with Crippen LogP contribution in [0.5, 0.6) is 0 Å². The molecule has 0 radical (unpaired) electrons. The molecule has 1 aliphatic heterocycles. The number of hydrogen-bond acceptors (Lipinski definition) is 4. The molecule has 1 aliphatic rings. The fourth-order valence-electron chi connectivity index (χ4n) is 1.95. The normalized spacial score (nSPS) is 22.8. The topological polar surface area (TPSA) is 44.8 Å². The predicted molar refractivity (Wildman–Crippen MR) is 78.6 cm³/mol. The Morgan fingerprint density at radius 2 is 1.60 bits per heavy atom. The average molecular weight is 298 g/mol. The van der Waals surface area contributed by atoms with Crippen LogP contribution in [0.3, 0.4) is 0 Å². The molecular weight excluding hydrogens is 275 g/mol. The second-order valence-corrected chi connectivity index (χ2v) is 7.59. The van der Waals surface area contributed by atoms with Gasteiger partial charge in [-0.2, -0.15) is 0 Å². The highest BCUT2D eigenvalue weighted by Crippen LogP contribution is 2.64. The summed E-state index contributed by atoms with van der Waals surface area (Å²) in [5.74, 6) is 0. The number of benzene rings is 1. The van der Waals surface area contributed by atoms with Gasteiger partial charge in [0.25, 0.3) is 0 Å². The van der Waals surface area contributed by atoms with Crippen LogP contribution in [0.2, 0.25) is 0 Å². The van der Waals surface area contributed by atoms with Gasteiger partial charge in [0.1, 0.15) is 11.2 Å². The first kappa shape index (κ1) is 15.7. The number of hydrogen-bond donors (Lipinski definition) is 0. The molecule has 20 heavy (non-hydrogen) atoms. The van der Waals surface area contributed by atoms with Gasteiger partial charge in [-0.15, -0.1) is 0 Å². The van der Waals surface area contributed by atoms with Gasteiger partial charge in [-0.1, -0.05) is 30.3 Å². The molecule has 1 saturated heterocycles. The number of phosphoric ester groups is 1. The van der Waals surface area contributed by atoms with Crippen molar-refractivity contribution in [3.8, 4) is 0 Å². The summed E-state index contributed by atoms with van der Waals surface area (Å²) in [4.78, 5) is 0. The van der Waals surface area contributed by atoms with Gasteiger partial charge in [-0.05, 0) is 46.1 Å². The smallest absolute Gasteiger partial charge is 0.287 e. The highest BCUT2D eigenvalue weighted by Gasteiger charge is 2.56. The second kappa shape index (κ2) is 5.61. The summed E-state index contributed by atoms with van der Waals surface area (Å²) in [6, 6.07) is 10.1. The summed E-state index contributed by atoms with van der Waals surface area (Å²) < 4.78 is 28.8. The van der Waals surface area contributed by atoms with Crippen LogP contribution in [0.1, 0.15) is 39.7 Å². The molecule has 112 valence electrons. The van der Waals surface area contributed by atoms with Crippen molar-refractivity contribution < 1.29 is 18.1 Å². The second-order valence-electron chi connectivity index (χ2n) is 6.07. The fraction of sp³-hybridized carbons (Fsp3) is 0.600. The molecule has 4 nitrogen and oxygen atoms in total. The van der Waals surface area contributed by atoms with Crippen LogP contribution in [-0.4, -0.2) is 17.8 Å². The van der Waals surface area contributed by atoms with Crippen LogP contribution < -0.4 is 0 Å². The Bertz CT molecular complexity index is 476. The maximum Gasteiger partial charge on any atom is 0.476 e. The summed E-state index contributed by atoms with van der Waals surface area (Å²) in [5.41, 5.74) is -0.00695. The number of rotatable bonds is 5. The van der Waals surface area contributed by atoms with E-state index in [0.717, 1.165) is 12.8 Å². The average Bonchev–Trinajstić information content (AvgIpc) is 2.51. The minimum Gasteiger partial charge on any atom is -0.287 e. The molecule has 0 atom stereocenters. The Hall–Kier alpha value is -0.670. The Morgan fingerprint density at radius 3 is 2.15 bits per heavy atom. The molecule has 0 aliphatic carbocycles. The zero-order chi connectivity index (χ0) is 14.9. The van der Waals surface area contributed by atoms with Crippen molar-refractivity contribution >= 4 is 7.82 Å². The van der Waals surface area contributed by atoms with E-state index in [9.17, 15) is 4.57 Å². The van der Waals surface area contributed by atoms with E-state index in [0.29, 0.717) is 6.61 Å². The van der Waals surface area contributed by atoms with Crippen LogP contribution in [0.15, 0.2) is 30.3 Å². The molecule has 1 aromatic rings. The van der Waals surface area contributed by atoms with E-state index < -0.39 is 19.0 Å². The third-order valence-corrected chi connectivity index (χ3v) is 5.69. The van der Waals surface area contributed by atoms with Gasteiger partial charge in [-0.3, -0.25) is 13.6 Å². The van der Waals surface area contributed by atoms with Crippen LogP contribution >= 0.6 is 7.82 Å². The van der Waals surface area contributed by atoms with E-state index in [1.807, 2.05) is 45.9 Å². The highest BCUT2D eigenvalue weighted by atomic mass is 31.2. The standard InChI is InChI=1S/C15H23O4P/c1-14(2)15(3,4)19-20(16,18-14)17-12-8-11-13-9-6-5-7-10-13/h5-7,9-10H,8,11-12H2,1-4H3. The van der Waals surface area contributed by atoms with Gasteiger partial charge in [0.15, 0.2) is 0 Å². The lowest BCUT2D eigenvalue weighted by molar-refractivity contribution is 0.00578. The maximum atomic E-state index is 12.4. The van der Waals surface area contributed by atoms with E-state index in [-0.39, 0.29) is 0 Å². The lowest BCUT2D eigenvalue weighted by Crippen LogP contribution is -2.41. The highest BCUT2D eigenvalue weighted by molar-refractivity contribution is 7.48. The molecule has 0 aromatic heterocycles. The van der Waals surface area contributed by atoms with Crippen molar-refractivity contribution in [3.05, 3.63) is 35.9 Å². The summed E-state index contributed by atoms with van der Waals surface area (Å²) in [6.45, 7) is 7.80. The monoisotopic (exact) mass is 298 g/mol. The van der Waals surface area contributed by atoms with E-state index >= 15 is 0 Å². The predicted octanol–water partition coefficient (Wildman–Crippen LogP) is 4.35. The SMILES string of the molecule is CC1(C)OP(=O)(OCCCc2ccccc2)OC1(C)C. The molecule has 0 unspecified atom stereocenters. The van der Waals surface area contributed by atoms with Crippen molar-refractivity contribution in [2.75, 3.05) is 6.61 Å². The zero-order valence-corrected chi connectivity index (χ0v) is 13.5. The van der Waals surface area contributed by atoms with Crippen molar-refractivity contribution in [2.24, 2.45) is 0 Å². The molecule has 1 fully saturated rings. The lowest BCUT2D eigenvalue weighted by atomic mass is 9.90. The molecule has 2 rings (SSSR count). The number of phosphoric acid groups is 1. The molecule has 5 heteroatoms. The summed E-state index contributed by atoms with van der Waals surface area (Å²) in [7, 11) is -3.43. The van der Waals surface area contributed by atoms with E-state index in [2.05, 4.69) is 12.1 Å². The Kier molecular flexibility index (Phi) is 4.41. The van der Waals surface area contributed by atoms with Gasteiger partial charge in [-0.25, -0.2) is 4.57 Å². The molecule has 0 N–H and O–H groups in total. The van der Waals surface area contributed by atoms with Crippen molar-refractivity contribution in [3.63, 3.8) is 0 Å². The minimum absolute atomic E-state index is 0.359. The van der Waals surface area contributed by atoms with Gasteiger partial charge in [0.2, 0.25) is 0 Å². The fourth-order valence-corrected chi connectivity index (χ4v) is 4.00. The van der Waals surface area contributed by atoms with Crippen molar-refractivity contribution in [1.82, 2.24) is 0 Å². The molecule has 0 amide bonds. The van der Waals surface area contributed by atoms with Crippen molar-refractivity contribution in [1.29, 1.82) is 0 Å². The van der Waals surface area contributed by atoms with E-state index in [1.54, 1.807) is 0 Å². The van der Waals surface area contributed by atoms with Gasteiger partial charge < -0.3 is 0 Å². The summed E-state index contributed by atoms with van der Waals surface area (Å²) >= 11 is 0. The molecule has 0 saturated carbocycles. The Labute approximate surface area is 121 Å².